The van der Waals surface area contributed by atoms with Gasteiger partial charge in [0.2, 0.25) is 0 Å². The minimum atomic E-state index is -0.152. The maximum atomic E-state index is 11.2. The molecule has 0 atom stereocenters. The molecule has 0 amide bonds. The Balaban J connectivity index is 0.00000441. The van der Waals surface area contributed by atoms with Crippen LogP contribution in [-0.4, -0.2) is 43.7 Å². The SMILES string of the molecule is CCOC(=O)CCCNC(=NC)NCCc1csc(C)n1.I. The Labute approximate surface area is 153 Å². The van der Waals surface area contributed by atoms with Crippen LogP contribution >= 0.6 is 35.3 Å². The van der Waals surface area contributed by atoms with E-state index in [1.807, 2.05) is 13.8 Å². The number of aryl methyl sites for hydroxylation is 1. The zero-order valence-electron chi connectivity index (χ0n) is 13.3. The number of esters is 1. The number of hydrogen-bond donors (Lipinski definition) is 2. The van der Waals surface area contributed by atoms with Gasteiger partial charge in [-0.05, 0) is 20.3 Å². The number of nitrogens with zero attached hydrogens (tertiary/aromatic N) is 2. The Bertz CT molecular complexity index is 465. The predicted octanol–water partition coefficient (Wildman–Crippen LogP) is 2.12. The molecule has 22 heavy (non-hydrogen) atoms. The van der Waals surface area contributed by atoms with E-state index in [1.54, 1.807) is 18.4 Å². The summed E-state index contributed by atoms with van der Waals surface area (Å²) in [5, 5.41) is 9.56. The molecule has 0 bridgehead atoms. The lowest BCUT2D eigenvalue weighted by atomic mass is 10.3. The Kier molecular flexibility index (Phi) is 12.1. The second-order valence-electron chi connectivity index (χ2n) is 4.44. The molecule has 0 fully saturated rings. The van der Waals surface area contributed by atoms with Crippen molar-refractivity contribution in [1.82, 2.24) is 15.6 Å². The molecule has 0 aliphatic heterocycles. The molecule has 2 N–H and O–H groups in total. The van der Waals surface area contributed by atoms with Crippen LogP contribution in [0.3, 0.4) is 0 Å². The van der Waals surface area contributed by atoms with E-state index in [4.69, 9.17) is 4.74 Å². The first-order valence-corrected chi connectivity index (χ1v) is 8.04. The zero-order valence-corrected chi connectivity index (χ0v) is 16.5. The monoisotopic (exact) mass is 440 g/mol. The van der Waals surface area contributed by atoms with Gasteiger partial charge in [-0.15, -0.1) is 35.3 Å². The van der Waals surface area contributed by atoms with E-state index in [0.717, 1.165) is 36.0 Å². The molecule has 0 spiro atoms. The maximum Gasteiger partial charge on any atom is 0.305 e. The minimum Gasteiger partial charge on any atom is -0.466 e. The van der Waals surface area contributed by atoms with Crippen molar-refractivity contribution in [2.24, 2.45) is 4.99 Å². The van der Waals surface area contributed by atoms with Gasteiger partial charge in [0.25, 0.3) is 0 Å². The standard InChI is InChI=1S/C14H24N4O2S.HI/c1-4-20-13(19)6-5-8-16-14(15-3)17-9-7-12-10-21-11(2)18-12;/h10H,4-9H2,1-3H3,(H2,15,16,17);1H. The molecule has 126 valence electrons. The largest absolute Gasteiger partial charge is 0.466 e. The molecule has 0 unspecified atom stereocenters. The van der Waals surface area contributed by atoms with Crippen LogP contribution in [0.4, 0.5) is 0 Å². The van der Waals surface area contributed by atoms with Crippen LogP contribution in [-0.2, 0) is 16.0 Å². The van der Waals surface area contributed by atoms with Gasteiger partial charge in [-0.25, -0.2) is 4.98 Å². The van der Waals surface area contributed by atoms with Gasteiger partial charge in [0.15, 0.2) is 5.96 Å². The van der Waals surface area contributed by atoms with Gasteiger partial charge in [0.05, 0.1) is 17.3 Å². The maximum absolute atomic E-state index is 11.2. The molecule has 1 aromatic heterocycles. The molecule has 1 heterocycles. The van der Waals surface area contributed by atoms with Crippen LogP contribution in [0.2, 0.25) is 0 Å². The molecule has 0 saturated heterocycles. The third kappa shape index (κ3) is 9.19. The van der Waals surface area contributed by atoms with E-state index in [0.29, 0.717) is 19.6 Å². The molecule has 0 radical (unpaired) electrons. The number of carbonyl (C=O) groups excluding carboxylic acids is 1. The fourth-order valence-electron chi connectivity index (χ4n) is 1.73. The van der Waals surface area contributed by atoms with Crippen molar-refractivity contribution >= 4 is 47.2 Å². The number of guanidine groups is 1. The first kappa shape index (κ1) is 21.1. The summed E-state index contributed by atoms with van der Waals surface area (Å²) in [6.45, 7) is 5.72. The fourth-order valence-corrected chi connectivity index (χ4v) is 2.37. The van der Waals surface area contributed by atoms with Crippen molar-refractivity contribution in [2.75, 3.05) is 26.7 Å². The van der Waals surface area contributed by atoms with Gasteiger partial charge >= 0.3 is 5.97 Å². The summed E-state index contributed by atoms with van der Waals surface area (Å²) in [4.78, 5) is 19.7. The number of aromatic nitrogens is 1. The first-order valence-electron chi connectivity index (χ1n) is 7.16. The van der Waals surface area contributed by atoms with Crippen molar-refractivity contribution in [3.05, 3.63) is 16.1 Å². The van der Waals surface area contributed by atoms with Gasteiger partial charge in [0, 0.05) is 38.4 Å². The normalized spacial score (nSPS) is 10.8. The fraction of sp³-hybridized carbons (Fsp3) is 0.643. The van der Waals surface area contributed by atoms with E-state index in [2.05, 4.69) is 26.0 Å². The number of hydrogen-bond acceptors (Lipinski definition) is 5. The van der Waals surface area contributed by atoms with Crippen LogP contribution in [0.5, 0.6) is 0 Å². The molecule has 8 heteroatoms. The summed E-state index contributed by atoms with van der Waals surface area (Å²) >= 11 is 1.66. The quantitative estimate of drug-likeness (QED) is 0.213. The lowest BCUT2D eigenvalue weighted by molar-refractivity contribution is -0.143. The van der Waals surface area contributed by atoms with Gasteiger partial charge in [-0.1, -0.05) is 0 Å². The van der Waals surface area contributed by atoms with E-state index < -0.39 is 0 Å². The number of carbonyl (C=O) groups is 1. The predicted molar refractivity (Wildman–Crippen MR) is 101 cm³/mol. The summed E-state index contributed by atoms with van der Waals surface area (Å²) in [5.41, 5.74) is 1.10. The van der Waals surface area contributed by atoms with Gasteiger partial charge in [-0.3, -0.25) is 9.79 Å². The third-order valence-electron chi connectivity index (χ3n) is 2.72. The summed E-state index contributed by atoms with van der Waals surface area (Å²) < 4.78 is 4.87. The summed E-state index contributed by atoms with van der Waals surface area (Å²) in [7, 11) is 1.73. The van der Waals surface area contributed by atoms with Crippen molar-refractivity contribution in [1.29, 1.82) is 0 Å². The number of ether oxygens (including phenoxy) is 1. The smallest absolute Gasteiger partial charge is 0.305 e. The number of thiazole rings is 1. The van der Waals surface area contributed by atoms with Gasteiger partial charge in [-0.2, -0.15) is 0 Å². The van der Waals surface area contributed by atoms with Crippen molar-refractivity contribution in [2.45, 2.75) is 33.1 Å². The van der Waals surface area contributed by atoms with E-state index in [9.17, 15) is 4.79 Å². The van der Waals surface area contributed by atoms with E-state index >= 15 is 0 Å². The molecule has 0 aromatic carbocycles. The molecular formula is C14H25IN4O2S. The van der Waals surface area contributed by atoms with E-state index in [1.165, 1.54) is 0 Å². The average Bonchev–Trinajstić information content (AvgIpc) is 2.87. The van der Waals surface area contributed by atoms with Crippen LogP contribution < -0.4 is 10.6 Å². The van der Waals surface area contributed by atoms with Crippen molar-refractivity contribution in [3.63, 3.8) is 0 Å². The van der Waals surface area contributed by atoms with Crippen LogP contribution in [0, 0.1) is 6.92 Å². The minimum absolute atomic E-state index is 0. The summed E-state index contributed by atoms with van der Waals surface area (Å²) in [6, 6.07) is 0. The van der Waals surface area contributed by atoms with Crippen molar-refractivity contribution in [3.8, 4) is 0 Å². The molecule has 0 aliphatic carbocycles. The van der Waals surface area contributed by atoms with Crippen LogP contribution in [0.15, 0.2) is 10.4 Å². The van der Waals surface area contributed by atoms with Gasteiger partial charge < -0.3 is 15.4 Å². The highest BCUT2D eigenvalue weighted by Gasteiger charge is 2.03. The average molecular weight is 440 g/mol. The molecule has 1 aromatic rings. The Morgan fingerprint density at radius 2 is 2.14 bits per heavy atom. The highest BCUT2D eigenvalue weighted by Crippen LogP contribution is 2.07. The number of nitrogens with one attached hydrogen (secondary N) is 2. The Morgan fingerprint density at radius 3 is 2.73 bits per heavy atom. The number of rotatable bonds is 8. The van der Waals surface area contributed by atoms with Crippen LogP contribution in [0.1, 0.15) is 30.5 Å². The molecule has 6 nitrogen and oxygen atoms in total. The topological polar surface area (TPSA) is 75.6 Å². The molecule has 0 saturated carbocycles. The highest BCUT2D eigenvalue weighted by atomic mass is 127. The van der Waals surface area contributed by atoms with Crippen molar-refractivity contribution < 1.29 is 9.53 Å². The second kappa shape index (κ2) is 12.6. The Morgan fingerprint density at radius 1 is 1.41 bits per heavy atom. The molecule has 1 rings (SSSR count). The first-order chi connectivity index (χ1) is 10.2. The lowest BCUT2D eigenvalue weighted by Gasteiger charge is -2.11. The van der Waals surface area contributed by atoms with Gasteiger partial charge in [0.1, 0.15) is 0 Å². The molecule has 0 aliphatic rings. The second-order valence-corrected chi connectivity index (χ2v) is 5.50. The third-order valence-corrected chi connectivity index (χ3v) is 3.54. The summed E-state index contributed by atoms with van der Waals surface area (Å²) in [6.07, 6.45) is 2.02. The zero-order chi connectivity index (χ0) is 15.5. The number of aliphatic imine (C=N–C) groups is 1. The number of halogens is 1. The van der Waals surface area contributed by atoms with E-state index in [-0.39, 0.29) is 29.9 Å². The van der Waals surface area contributed by atoms with Crippen LogP contribution in [0.25, 0.3) is 0 Å². The summed E-state index contributed by atoms with van der Waals surface area (Å²) in [5.74, 6) is 0.590. The Hall–Kier alpha value is -0.900. The highest BCUT2D eigenvalue weighted by molar-refractivity contribution is 14.0. The lowest BCUT2D eigenvalue weighted by Crippen LogP contribution is -2.38. The molecular weight excluding hydrogens is 415 g/mol.